The van der Waals surface area contributed by atoms with Crippen LogP contribution in [-0.4, -0.2) is 81.2 Å². The summed E-state index contributed by atoms with van der Waals surface area (Å²) in [7, 11) is 0. The number of fused-ring (bicyclic) bond motifs is 1. The molecule has 0 aromatic carbocycles. The van der Waals surface area contributed by atoms with E-state index in [9.17, 15) is 9.59 Å². The van der Waals surface area contributed by atoms with Crippen molar-refractivity contribution in [2.45, 2.75) is 69.2 Å². The lowest BCUT2D eigenvalue weighted by molar-refractivity contribution is -0.121. The van der Waals surface area contributed by atoms with Gasteiger partial charge in [-0.15, -0.1) is 0 Å². The molecule has 0 aromatic heterocycles. The highest BCUT2D eigenvalue weighted by Crippen LogP contribution is 2.33. The Labute approximate surface area is 184 Å². The van der Waals surface area contributed by atoms with Crippen LogP contribution in [0.2, 0.25) is 0 Å². The van der Waals surface area contributed by atoms with Crippen LogP contribution in [0.15, 0.2) is 0 Å². The molecule has 30 heavy (non-hydrogen) atoms. The minimum Gasteiger partial charge on any atom is -0.379 e. The van der Waals surface area contributed by atoms with Crippen molar-refractivity contribution in [1.29, 1.82) is 0 Å². The largest absolute Gasteiger partial charge is 0.379 e. The second kappa shape index (κ2) is 15.7. The normalized spacial score (nSPS) is 22.6. The molecule has 2 heterocycles. The summed E-state index contributed by atoms with van der Waals surface area (Å²) in [4.78, 5) is 23.3. The van der Waals surface area contributed by atoms with Gasteiger partial charge in [0.2, 0.25) is 5.91 Å². The molecule has 2 aliphatic rings. The maximum absolute atomic E-state index is 11.9. The van der Waals surface area contributed by atoms with E-state index in [1.54, 1.807) is 0 Å². The second-order valence-corrected chi connectivity index (χ2v) is 9.03. The number of carbonyl (C=O) groups is 2. The quantitative estimate of drug-likeness (QED) is 0.221. The van der Waals surface area contributed by atoms with Gasteiger partial charge in [0.1, 0.15) is 0 Å². The molecule has 0 aromatic rings. The fourth-order valence-electron chi connectivity index (χ4n) is 3.55. The number of urea groups is 1. The van der Waals surface area contributed by atoms with Gasteiger partial charge in [-0.1, -0.05) is 19.8 Å². The van der Waals surface area contributed by atoms with E-state index in [2.05, 4.69) is 22.9 Å². The van der Waals surface area contributed by atoms with Crippen LogP contribution in [0.25, 0.3) is 0 Å². The van der Waals surface area contributed by atoms with Gasteiger partial charge < -0.3 is 30.2 Å². The smallest absolute Gasteiger partial charge is 0.315 e. The molecule has 3 atom stereocenters. The van der Waals surface area contributed by atoms with E-state index >= 15 is 0 Å². The van der Waals surface area contributed by atoms with E-state index < -0.39 is 0 Å². The third kappa shape index (κ3) is 10.3. The van der Waals surface area contributed by atoms with Crippen LogP contribution in [0.3, 0.4) is 0 Å². The van der Waals surface area contributed by atoms with Crippen LogP contribution in [-0.2, 0) is 19.0 Å². The summed E-state index contributed by atoms with van der Waals surface area (Å²) >= 11 is 1.92. The highest BCUT2D eigenvalue weighted by molar-refractivity contribution is 8.00. The van der Waals surface area contributed by atoms with Crippen molar-refractivity contribution in [2.24, 2.45) is 0 Å². The van der Waals surface area contributed by atoms with Gasteiger partial charge in [0.05, 0.1) is 38.5 Å². The van der Waals surface area contributed by atoms with E-state index in [4.69, 9.17) is 14.2 Å². The first-order valence-corrected chi connectivity index (χ1v) is 12.4. The Morgan fingerprint density at radius 2 is 1.70 bits per heavy atom. The van der Waals surface area contributed by atoms with E-state index in [0.717, 1.165) is 50.9 Å². The number of amides is 3. The Hall–Kier alpha value is -1.03. The van der Waals surface area contributed by atoms with E-state index in [1.165, 1.54) is 0 Å². The summed E-state index contributed by atoms with van der Waals surface area (Å²) in [5.41, 5.74) is 0. The third-order valence-electron chi connectivity index (χ3n) is 5.25. The van der Waals surface area contributed by atoms with Crippen LogP contribution >= 0.6 is 11.8 Å². The van der Waals surface area contributed by atoms with Crippen LogP contribution in [0.1, 0.15) is 51.9 Å². The number of ether oxygens (including phenoxy) is 3. The molecule has 2 fully saturated rings. The summed E-state index contributed by atoms with van der Waals surface area (Å²) < 4.78 is 16.3. The predicted molar refractivity (Wildman–Crippen MR) is 119 cm³/mol. The summed E-state index contributed by atoms with van der Waals surface area (Å²) in [5.74, 6) is 1.09. The summed E-state index contributed by atoms with van der Waals surface area (Å²) in [6, 6.07) is 0.480. The Morgan fingerprint density at radius 3 is 2.43 bits per heavy atom. The molecule has 0 unspecified atom stereocenters. The maximum Gasteiger partial charge on any atom is 0.315 e. The van der Waals surface area contributed by atoms with Crippen LogP contribution in [0, 0.1) is 0 Å². The lowest BCUT2D eigenvalue weighted by Gasteiger charge is -2.16. The van der Waals surface area contributed by atoms with Gasteiger partial charge in [-0.3, -0.25) is 4.79 Å². The van der Waals surface area contributed by atoms with Crippen molar-refractivity contribution in [3.8, 4) is 0 Å². The van der Waals surface area contributed by atoms with Crippen molar-refractivity contribution >= 4 is 23.7 Å². The van der Waals surface area contributed by atoms with Crippen molar-refractivity contribution < 1.29 is 23.8 Å². The molecule has 3 amide bonds. The number of hydrogen-bond donors (Lipinski definition) is 3. The lowest BCUT2D eigenvalue weighted by atomic mass is 10.0. The zero-order valence-corrected chi connectivity index (χ0v) is 19.1. The fourth-order valence-corrected chi connectivity index (χ4v) is 5.10. The van der Waals surface area contributed by atoms with Crippen LogP contribution in [0.4, 0.5) is 4.79 Å². The fraction of sp³-hybridized carbons (Fsp3) is 0.905. The molecule has 0 saturated carbocycles. The summed E-state index contributed by atoms with van der Waals surface area (Å²) in [6.07, 6.45) is 6.55. The Morgan fingerprint density at radius 1 is 1.00 bits per heavy atom. The maximum atomic E-state index is 11.9. The van der Waals surface area contributed by atoms with Crippen molar-refractivity contribution in [3.05, 3.63) is 0 Å². The lowest BCUT2D eigenvalue weighted by Crippen LogP contribution is -2.36. The number of rotatable bonds is 18. The number of thioether (sulfide) groups is 1. The zero-order chi connectivity index (χ0) is 21.4. The average Bonchev–Trinajstić information content (AvgIpc) is 3.28. The number of carbonyl (C=O) groups excluding carboxylic acids is 2. The molecule has 2 rings (SSSR count). The first-order chi connectivity index (χ1) is 14.7. The minimum atomic E-state index is -0.0430. The SMILES string of the molecule is CCCCOCCOCCOCCCNC(=O)CCCC[C@@H]1SC[C@@H]2NC(=O)N[C@H]21. The Kier molecular flexibility index (Phi) is 13.2. The van der Waals surface area contributed by atoms with Crippen LogP contribution < -0.4 is 16.0 Å². The van der Waals surface area contributed by atoms with Crippen LogP contribution in [0.5, 0.6) is 0 Å². The highest BCUT2D eigenvalue weighted by atomic mass is 32.2. The topological polar surface area (TPSA) is 97.9 Å². The van der Waals surface area contributed by atoms with Gasteiger partial charge in [-0.05, 0) is 25.7 Å². The minimum absolute atomic E-state index is 0.0430. The van der Waals surface area contributed by atoms with Gasteiger partial charge in [0, 0.05) is 37.2 Å². The van der Waals surface area contributed by atoms with Gasteiger partial charge in [0.25, 0.3) is 0 Å². The molecule has 9 heteroatoms. The van der Waals surface area contributed by atoms with Gasteiger partial charge >= 0.3 is 6.03 Å². The van der Waals surface area contributed by atoms with E-state index in [1.807, 2.05) is 11.8 Å². The Bertz CT molecular complexity index is 497. The van der Waals surface area contributed by atoms with E-state index in [0.29, 0.717) is 51.2 Å². The molecule has 174 valence electrons. The molecule has 0 aliphatic carbocycles. The predicted octanol–water partition coefficient (Wildman–Crippen LogP) is 2.07. The zero-order valence-electron chi connectivity index (χ0n) is 18.3. The number of hydrogen-bond acceptors (Lipinski definition) is 6. The third-order valence-corrected chi connectivity index (χ3v) is 6.76. The molecule has 3 N–H and O–H groups in total. The van der Waals surface area contributed by atoms with Crippen molar-refractivity contribution in [3.63, 3.8) is 0 Å². The van der Waals surface area contributed by atoms with Gasteiger partial charge in [0.15, 0.2) is 0 Å². The number of nitrogens with one attached hydrogen (secondary N) is 3. The first-order valence-electron chi connectivity index (χ1n) is 11.4. The summed E-state index contributed by atoms with van der Waals surface area (Å²) in [6.45, 7) is 6.60. The molecule has 0 bridgehead atoms. The molecule has 2 saturated heterocycles. The second-order valence-electron chi connectivity index (χ2n) is 7.76. The molecule has 2 aliphatic heterocycles. The average molecular weight is 446 g/mol. The number of unbranched alkanes of at least 4 members (excludes halogenated alkanes) is 2. The van der Waals surface area contributed by atoms with Crippen molar-refractivity contribution in [2.75, 3.05) is 51.9 Å². The monoisotopic (exact) mass is 445 g/mol. The van der Waals surface area contributed by atoms with Gasteiger partial charge in [-0.25, -0.2) is 4.79 Å². The molecular weight excluding hydrogens is 406 g/mol. The summed E-state index contributed by atoms with van der Waals surface area (Å²) in [5, 5.41) is 9.38. The van der Waals surface area contributed by atoms with Gasteiger partial charge in [-0.2, -0.15) is 11.8 Å². The molecular formula is C21H39N3O5S. The Balaban J connectivity index is 1.31. The molecule has 0 radical (unpaired) electrons. The highest BCUT2D eigenvalue weighted by Gasteiger charge is 2.42. The first kappa shape index (κ1) is 25.2. The standard InChI is InChI=1S/C21H39N3O5S/c1-2-3-10-27-12-14-29-15-13-28-11-6-9-22-19(25)8-5-4-7-18-20-17(16-30-18)23-21(26)24-20/h17-18,20H,2-16H2,1H3,(H,22,25)(H2,23,24,26)/t17-,18-,20+/m0/s1. The molecule has 0 spiro atoms. The molecule has 8 nitrogen and oxygen atoms in total. The van der Waals surface area contributed by atoms with E-state index in [-0.39, 0.29) is 24.0 Å². The van der Waals surface area contributed by atoms with Crippen molar-refractivity contribution in [1.82, 2.24) is 16.0 Å².